The average molecular weight is 371 g/mol. The first kappa shape index (κ1) is 18.2. The fourth-order valence-electron chi connectivity index (χ4n) is 4.14. The van der Waals surface area contributed by atoms with E-state index in [1.807, 2.05) is 17.8 Å². The van der Waals surface area contributed by atoms with Crippen molar-refractivity contribution in [2.75, 3.05) is 18.5 Å². The summed E-state index contributed by atoms with van der Waals surface area (Å²) in [4.78, 5) is 17.6. The molecule has 0 unspecified atom stereocenters. The van der Waals surface area contributed by atoms with Crippen molar-refractivity contribution in [1.29, 1.82) is 0 Å². The van der Waals surface area contributed by atoms with E-state index < -0.39 is 0 Å². The summed E-state index contributed by atoms with van der Waals surface area (Å²) < 4.78 is 7.34. The third-order valence-electron chi connectivity index (χ3n) is 5.72. The molecule has 0 bridgehead atoms. The number of hydrogen-bond donors (Lipinski definition) is 2. The Bertz CT molecular complexity index is 791. The lowest BCUT2D eigenvalue weighted by Crippen LogP contribution is -2.37. The van der Waals surface area contributed by atoms with Crippen LogP contribution in [0.1, 0.15) is 62.2 Å². The Kier molecular flexibility index (Phi) is 5.57. The number of fused-ring (bicyclic) bond motifs is 1. The molecule has 2 fully saturated rings. The molecule has 0 atom stereocenters. The normalized spacial score (nSPS) is 19.3. The maximum atomic E-state index is 13.1. The van der Waals surface area contributed by atoms with Crippen molar-refractivity contribution in [2.45, 2.75) is 70.5 Å². The number of amides is 1. The summed E-state index contributed by atoms with van der Waals surface area (Å²) >= 11 is 0. The van der Waals surface area contributed by atoms with Gasteiger partial charge in [0.2, 0.25) is 0 Å². The summed E-state index contributed by atoms with van der Waals surface area (Å²) in [6.07, 6.45) is 11.2. The molecular formula is C20H29N5O2. The van der Waals surface area contributed by atoms with Crippen molar-refractivity contribution >= 4 is 22.6 Å². The van der Waals surface area contributed by atoms with Gasteiger partial charge >= 0.3 is 0 Å². The van der Waals surface area contributed by atoms with E-state index in [1.54, 1.807) is 6.20 Å². The zero-order valence-electron chi connectivity index (χ0n) is 16.0. The second-order valence-electron chi connectivity index (χ2n) is 7.58. The maximum Gasteiger partial charge on any atom is 0.255 e. The van der Waals surface area contributed by atoms with Gasteiger partial charge in [-0.15, -0.1) is 0 Å². The number of rotatable bonds is 5. The summed E-state index contributed by atoms with van der Waals surface area (Å²) in [5, 5.41) is 12.2. The lowest BCUT2D eigenvalue weighted by Gasteiger charge is -2.26. The second kappa shape index (κ2) is 8.25. The van der Waals surface area contributed by atoms with Crippen molar-refractivity contribution in [1.82, 2.24) is 20.1 Å². The minimum absolute atomic E-state index is 0.0323. The second-order valence-corrected chi connectivity index (χ2v) is 7.58. The molecule has 1 amide bonds. The number of pyridine rings is 1. The molecule has 3 heterocycles. The molecule has 7 heteroatoms. The van der Waals surface area contributed by atoms with E-state index >= 15 is 0 Å². The Morgan fingerprint density at radius 1 is 1.15 bits per heavy atom. The zero-order valence-corrected chi connectivity index (χ0v) is 16.0. The summed E-state index contributed by atoms with van der Waals surface area (Å²) in [6, 6.07) is 0.576. The number of aryl methyl sites for hydroxylation is 1. The molecule has 2 aromatic rings. The van der Waals surface area contributed by atoms with Gasteiger partial charge in [-0.2, -0.15) is 5.10 Å². The van der Waals surface area contributed by atoms with Gasteiger partial charge in [-0.1, -0.05) is 19.3 Å². The molecular weight excluding hydrogens is 342 g/mol. The summed E-state index contributed by atoms with van der Waals surface area (Å²) in [5.41, 5.74) is 2.30. The lowest BCUT2D eigenvalue weighted by atomic mass is 9.95. The van der Waals surface area contributed by atoms with Crippen LogP contribution in [-0.2, 0) is 11.3 Å². The highest BCUT2D eigenvalue weighted by molar-refractivity contribution is 6.06. The van der Waals surface area contributed by atoms with Gasteiger partial charge in [-0.3, -0.25) is 4.79 Å². The largest absolute Gasteiger partial charge is 0.381 e. The van der Waals surface area contributed by atoms with Gasteiger partial charge in [0.05, 0.1) is 22.8 Å². The smallest absolute Gasteiger partial charge is 0.255 e. The summed E-state index contributed by atoms with van der Waals surface area (Å²) in [6.45, 7) is 4.30. The monoisotopic (exact) mass is 371 g/mol. The van der Waals surface area contributed by atoms with Gasteiger partial charge in [-0.25, -0.2) is 9.67 Å². The van der Waals surface area contributed by atoms with Crippen LogP contribution in [0.25, 0.3) is 11.0 Å². The Morgan fingerprint density at radius 2 is 1.93 bits per heavy atom. The van der Waals surface area contributed by atoms with E-state index in [9.17, 15) is 4.79 Å². The molecule has 1 aliphatic carbocycles. The van der Waals surface area contributed by atoms with E-state index in [-0.39, 0.29) is 11.9 Å². The van der Waals surface area contributed by atoms with Crippen LogP contribution in [0.4, 0.5) is 5.69 Å². The van der Waals surface area contributed by atoms with E-state index in [4.69, 9.17) is 4.74 Å². The molecule has 0 spiro atoms. The highest BCUT2D eigenvalue weighted by Gasteiger charge is 2.24. The summed E-state index contributed by atoms with van der Waals surface area (Å²) in [7, 11) is 0. The fraction of sp³-hybridized carbons (Fsp3) is 0.650. The molecule has 27 heavy (non-hydrogen) atoms. The van der Waals surface area contributed by atoms with E-state index in [0.29, 0.717) is 11.6 Å². The highest BCUT2D eigenvalue weighted by Crippen LogP contribution is 2.29. The number of anilines is 1. The number of aromatic nitrogens is 3. The predicted molar refractivity (Wildman–Crippen MR) is 105 cm³/mol. The number of nitrogens with one attached hydrogen (secondary N) is 2. The van der Waals surface area contributed by atoms with Crippen molar-refractivity contribution in [2.24, 2.45) is 0 Å². The first-order valence-corrected chi connectivity index (χ1v) is 10.3. The Hall–Kier alpha value is -2.15. The quantitative estimate of drug-likeness (QED) is 0.844. The van der Waals surface area contributed by atoms with Gasteiger partial charge in [0, 0.05) is 38.0 Å². The number of carbonyl (C=O) groups is 1. The SMILES string of the molecule is CCn1ncc2c(NC3CCOCC3)c(C(=O)NC3CCCCC3)cnc21. The third-order valence-corrected chi connectivity index (χ3v) is 5.72. The van der Waals surface area contributed by atoms with Crippen LogP contribution < -0.4 is 10.6 Å². The van der Waals surface area contributed by atoms with Crippen LogP contribution >= 0.6 is 0 Å². The first-order chi connectivity index (χ1) is 13.3. The molecule has 2 aromatic heterocycles. The topological polar surface area (TPSA) is 81.1 Å². The van der Waals surface area contributed by atoms with Crippen molar-refractivity contribution in [3.05, 3.63) is 18.0 Å². The molecule has 1 saturated carbocycles. The van der Waals surface area contributed by atoms with E-state index in [2.05, 4.69) is 20.7 Å². The van der Waals surface area contributed by atoms with E-state index in [0.717, 1.165) is 62.2 Å². The number of carbonyl (C=O) groups excluding carboxylic acids is 1. The van der Waals surface area contributed by atoms with E-state index in [1.165, 1.54) is 19.3 Å². The van der Waals surface area contributed by atoms with Gasteiger partial charge in [0.1, 0.15) is 0 Å². The number of ether oxygens (including phenoxy) is 1. The molecule has 1 aliphatic heterocycles. The minimum Gasteiger partial charge on any atom is -0.381 e. The lowest BCUT2D eigenvalue weighted by molar-refractivity contribution is 0.0903. The third kappa shape index (κ3) is 3.93. The van der Waals surface area contributed by atoms with Crippen molar-refractivity contribution in [3.8, 4) is 0 Å². The summed E-state index contributed by atoms with van der Waals surface area (Å²) in [5.74, 6) is -0.0323. The van der Waals surface area contributed by atoms with Crippen molar-refractivity contribution < 1.29 is 9.53 Å². The van der Waals surface area contributed by atoms with Crippen molar-refractivity contribution in [3.63, 3.8) is 0 Å². The molecule has 2 N–H and O–H groups in total. The Morgan fingerprint density at radius 3 is 2.67 bits per heavy atom. The fourth-order valence-corrected chi connectivity index (χ4v) is 4.14. The van der Waals surface area contributed by atoms with Crippen LogP contribution in [0.2, 0.25) is 0 Å². The van der Waals surface area contributed by atoms with Gasteiger partial charge in [0.25, 0.3) is 5.91 Å². The van der Waals surface area contributed by atoms with Gasteiger partial charge in [0.15, 0.2) is 5.65 Å². The molecule has 1 saturated heterocycles. The Balaban J connectivity index is 1.65. The van der Waals surface area contributed by atoms with Gasteiger partial charge < -0.3 is 15.4 Å². The minimum atomic E-state index is -0.0323. The average Bonchev–Trinajstić information content (AvgIpc) is 3.13. The zero-order chi connectivity index (χ0) is 18.6. The maximum absolute atomic E-state index is 13.1. The molecule has 146 valence electrons. The standard InChI is InChI=1S/C20H29N5O2/c1-2-25-19-16(13-22-25)18(23-15-8-10-27-11-9-15)17(12-21-19)20(26)24-14-6-4-3-5-7-14/h12-15H,2-11H2,1H3,(H,21,23)(H,24,26). The Labute approximate surface area is 159 Å². The molecule has 7 nitrogen and oxygen atoms in total. The van der Waals surface area contributed by atoms with Crippen LogP contribution in [-0.4, -0.2) is 46.0 Å². The van der Waals surface area contributed by atoms with Crippen LogP contribution in [0.15, 0.2) is 12.4 Å². The van der Waals surface area contributed by atoms with Gasteiger partial charge in [-0.05, 0) is 32.6 Å². The van der Waals surface area contributed by atoms with Crippen LogP contribution in [0.5, 0.6) is 0 Å². The molecule has 0 radical (unpaired) electrons. The predicted octanol–water partition coefficient (Wildman–Crippen LogP) is 3.10. The highest BCUT2D eigenvalue weighted by atomic mass is 16.5. The number of nitrogens with zero attached hydrogens (tertiary/aromatic N) is 3. The molecule has 4 rings (SSSR count). The van der Waals surface area contributed by atoms with Crippen LogP contribution in [0.3, 0.4) is 0 Å². The van der Waals surface area contributed by atoms with Crippen LogP contribution in [0, 0.1) is 0 Å². The molecule has 0 aromatic carbocycles. The molecule has 2 aliphatic rings. The number of hydrogen-bond acceptors (Lipinski definition) is 5. The first-order valence-electron chi connectivity index (χ1n) is 10.3.